The van der Waals surface area contributed by atoms with E-state index < -0.39 is 0 Å². The molecule has 0 saturated carbocycles. The van der Waals surface area contributed by atoms with Crippen LogP contribution in [0.1, 0.15) is 16.5 Å². The molecule has 0 radical (unpaired) electrons. The van der Waals surface area contributed by atoms with Gasteiger partial charge in [0.15, 0.2) is 0 Å². The minimum Gasteiger partial charge on any atom is -0.329 e. The number of fused-ring (bicyclic) bond motifs is 1. The molecule has 1 aromatic carbocycles. The number of rotatable bonds is 5. The number of likely N-dealkylation sites (N-methyl/N-ethyl adjacent to an activating group) is 1. The third-order valence-electron chi connectivity index (χ3n) is 3.61. The van der Waals surface area contributed by atoms with Gasteiger partial charge in [0.05, 0.1) is 0 Å². The molecular weight excluding hydrogens is 284 g/mol. The summed E-state index contributed by atoms with van der Waals surface area (Å²) in [5.41, 5.74) is 7.41. The second kappa shape index (κ2) is 6.06. The van der Waals surface area contributed by atoms with Crippen LogP contribution in [-0.4, -0.2) is 18.5 Å². The second-order valence-corrected chi connectivity index (χ2v) is 6.88. The van der Waals surface area contributed by atoms with E-state index in [1.807, 2.05) is 0 Å². The van der Waals surface area contributed by atoms with Crippen LogP contribution in [0.25, 0.3) is 10.1 Å². The SMILES string of the molecule is CN(Cc1cccs1)C(CN)c1csc2ccccc12. The Morgan fingerprint density at radius 1 is 1.15 bits per heavy atom. The Balaban J connectivity index is 1.89. The highest BCUT2D eigenvalue weighted by Gasteiger charge is 2.19. The predicted molar refractivity (Wildman–Crippen MR) is 89.4 cm³/mol. The third kappa shape index (κ3) is 2.65. The molecule has 0 fully saturated rings. The average molecular weight is 302 g/mol. The maximum atomic E-state index is 6.05. The molecule has 2 aromatic heterocycles. The van der Waals surface area contributed by atoms with Gasteiger partial charge in [-0.2, -0.15) is 0 Å². The predicted octanol–water partition coefficient (Wildman–Crippen LogP) is 4.09. The van der Waals surface area contributed by atoms with Gasteiger partial charge in [-0.1, -0.05) is 24.3 Å². The zero-order valence-corrected chi connectivity index (χ0v) is 13.1. The lowest BCUT2D eigenvalue weighted by atomic mass is 10.0. The van der Waals surface area contributed by atoms with Crippen LogP contribution in [0.3, 0.4) is 0 Å². The molecule has 0 saturated heterocycles. The average Bonchev–Trinajstić information content (AvgIpc) is 3.10. The van der Waals surface area contributed by atoms with Crippen molar-refractivity contribution >= 4 is 32.8 Å². The third-order valence-corrected chi connectivity index (χ3v) is 5.45. The van der Waals surface area contributed by atoms with E-state index in [2.05, 4.69) is 59.1 Å². The van der Waals surface area contributed by atoms with Crippen molar-refractivity contribution in [2.45, 2.75) is 12.6 Å². The van der Waals surface area contributed by atoms with Crippen LogP contribution in [0.15, 0.2) is 47.2 Å². The summed E-state index contributed by atoms with van der Waals surface area (Å²) >= 11 is 3.60. The van der Waals surface area contributed by atoms with Crippen molar-refractivity contribution in [1.82, 2.24) is 4.90 Å². The molecule has 0 aliphatic carbocycles. The first-order valence-electron chi connectivity index (χ1n) is 6.68. The molecule has 0 bridgehead atoms. The minimum atomic E-state index is 0.272. The van der Waals surface area contributed by atoms with Crippen molar-refractivity contribution in [3.05, 3.63) is 57.6 Å². The molecule has 0 aliphatic heterocycles. The largest absolute Gasteiger partial charge is 0.329 e. The normalized spacial score (nSPS) is 13.2. The van der Waals surface area contributed by atoms with Crippen LogP contribution < -0.4 is 5.73 Å². The molecule has 0 amide bonds. The molecule has 1 atom stereocenters. The monoisotopic (exact) mass is 302 g/mol. The summed E-state index contributed by atoms with van der Waals surface area (Å²) in [5.74, 6) is 0. The first kappa shape index (κ1) is 13.8. The topological polar surface area (TPSA) is 29.3 Å². The Morgan fingerprint density at radius 2 is 2.00 bits per heavy atom. The zero-order chi connectivity index (χ0) is 13.9. The first-order chi connectivity index (χ1) is 9.79. The van der Waals surface area contributed by atoms with E-state index in [9.17, 15) is 0 Å². The van der Waals surface area contributed by atoms with Gasteiger partial charge in [-0.15, -0.1) is 22.7 Å². The van der Waals surface area contributed by atoms with E-state index in [0.717, 1.165) is 6.54 Å². The van der Waals surface area contributed by atoms with Crippen molar-refractivity contribution in [3.8, 4) is 0 Å². The molecule has 0 aliphatic rings. The van der Waals surface area contributed by atoms with Crippen molar-refractivity contribution in [1.29, 1.82) is 0 Å². The van der Waals surface area contributed by atoms with E-state index in [1.54, 1.807) is 22.7 Å². The molecule has 104 valence electrons. The van der Waals surface area contributed by atoms with Crippen LogP contribution in [0.4, 0.5) is 0 Å². The van der Waals surface area contributed by atoms with Crippen molar-refractivity contribution in [3.63, 3.8) is 0 Å². The van der Waals surface area contributed by atoms with Crippen LogP contribution >= 0.6 is 22.7 Å². The summed E-state index contributed by atoms with van der Waals surface area (Å²) in [6, 6.07) is 13.1. The highest BCUT2D eigenvalue weighted by molar-refractivity contribution is 7.17. The van der Waals surface area contributed by atoms with Gasteiger partial charge in [0.1, 0.15) is 0 Å². The molecule has 3 aromatic rings. The van der Waals surface area contributed by atoms with Crippen LogP contribution in [0.2, 0.25) is 0 Å². The fraction of sp³-hybridized carbons (Fsp3) is 0.250. The lowest BCUT2D eigenvalue weighted by molar-refractivity contribution is 0.245. The number of nitrogens with two attached hydrogens (primary N) is 1. The molecule has 3 rings (SSSR count). The second-order valence-electron chi connectivity index (χ2n) is 4.93. The molecule has 4 heteroatoms. The van der Waals surface area contributed by atoms with Crippen molar-refractivity contribution in [2.24, 2.45) is 5.73 Å². The Labute approximate surface area is 127 Å². The molecule has 2 heterocycles. The molecule has 1 unspecified atom stereocenters. The van der Waals surface area contributed by atoms with E-state index in [0.29, 0.717) is 6.54 Å². The fourth-order valence-corrected chi connectivity index (χ4v) is 4.33. The van der Waals surface area contributed by atoms with E-state index >= 15 is 0 Å². The smallest absolute Gasteiger partial charge is 0.0485 e. The maximum absolute atomic E-state index is 6.05. The Bertz CT molecular complexity index is 673. The van der Waals surface area contributed by atoms with E-state index in [-0.39, 0.29) is 6.04 Å². The van der Waals surface area contributed by atoms with Gasteiger partial charge in [-0.05, 0) is 40.9 Å². The number of hydrogen-bond donors (Lipinski definition) is 1. The summed E-state index contributed by atoms with van der Waals surface area (Å²) in [6.45, 7) is 1.59. The summed E-state index contributed by atoms with van der Waals surface area (Å²) < 4.78 is 1.34. The Hall–Kier alpha value is -1.20. The molecule has 0 spiro atoms. The van der Waals surface area contributed by atoms with Crippen LogP contribution in [0.5, 0.6) is 0 Å². The van der Waals surface area contributed by atoms with Gasteiger partial charge in [0.25, 0.3) is 0 Å². The molecular formula is C16H18N2S2. The van der Waals surface area contributed by atoms with Gasteiger partial charge >= 0.3 is 0 Å². The lowest BCUT2D eigenvalue weighted by Crippen LogP contribution is -2.29. The zero-order valence-electron chi connectivity index (χ0n) is 11.5. The molecule has 20 heavy (non-hydrogen) atoms. The van der Waals surface area contributed by atoms with E-state index in [4.69, 9.17) is 5.73 Å². The Kier molecular flexibility index (Phi) is 4.17. The first-order valence-corrected chi connectivity index (χ1v) is 8.44. The number of thiophene rings is 2. The van der Waals surface area contributed by atoms with Gasteiger partial charge in [-0.25, -0.2) is 0 Å². The summed E-state index contributed by atoms with van der Waals surface area (Å²) in [5, 5.41) is 5.72. The molecule has 2 nitrogen and oxygen atoms in total. The van der Waals surface area contributed by atoms with E-state index in [1.165, 1.54) is 20.5 Å². The van der Waals surface area contributed by atoms with Gasteiger partial charge in [-0.3, -0.25) is 4.90 Å². The standard InChI is InChI=1S/C16H18N2S2/c1-18(10-12-5-4-8-19-12)15(9-17)14-11-20-16-7-3-2-6-13(14)16/h2-8,11,15H,9-10,17H2,1H3. The number of nitrogens with zero attached hydrogens (tertiary/aromatic N) is 1. The van der Waals surface area contributed by atoms with Gasteiger partial charge in [0, 0.05) is 28.7 Å². The minimum absolute atomic E-state index is 0.272. The molecule has 2 N–H and O–H groups in total. The number of benzene rings is 1. The summed E-state index contributed by atoms with van der Waals surface area (Å²) in [6.07, 6.45) is 0. The highest BCUT2D eigenvalue weighted by Crippen LogP contribution is 2.33. The van der Waals surface area contributed by atoms with Gasteiger partial charge < -0.3 is 5.73 Å². The summed E-state index contributed by atoms with van der Waals surface area (Å²) in [7, 11) is 2.16. The lowest BCUT2D eigenvalue weighted by Gasteiger charge is -2.26. The quantitative estimate of drug-likeness (QED) is 0.769. The van der Waals surface area contributed by atoms with Crippen molar-refractivity contribution in [2.75, 3.05) is 13.6 Å². The number of hydrogen-bond acceptors (Lipinski definition) is 4. The highest BCUT2D eigenvalue weighted by atomic mass is 32.1. The van der Waals surface area contributed by atoms with Gasteiger partial charge in [0.2, 0.25) is 0 Å². The summed E-state index contributed by atoms with van der Waals surface area (Å²) in [4.78, 5) is 3.73. The van der Waals surface area contributed by atoms with Crippen LogP contribution in [0, 0.1) is 0 Å². The Morgan fingerprint density at radius 3 is 2.75 bits per heavy atom. The fourth-order valence-electron chi connectivity index (χ4n) is 2.56. The van der Waals surface area contributed by atoms with Crippen LogP contribution in [-0.2, 0) is 6.54 Å². The van der Waals surface area contributed by atoms with Crippen molar-refractivity contribution < 1.29 is 0 Å². The maximum Gasteiger partial charge on any atom is 0.0485 e.